The maximum absolute atomic E-state index is 5.19. The van der Waals surface area contributed by atoms with Crippen LogP contribution in [0.5, 0.6) is 5.75 Å². The van der Waals surface area contributed by atoms with Gasteiger partial charge in [-0.15, -0.1) is 0 Å². The van der Waals surface area contributed by atoms with Gasteiger partial charge in [0.1, 0.15) is 5.75 Å². The van der Waals surface area contributed by atoms with Crippen LogP contribution in [-0.4, -0.2) is 22.7 Å². The van der Waals surface area contributed by atoms with E-state index >= 15 is 0 Å². The van der Waals surface area contributed by atoms with Crippen molar-refractivity contribution in [2.75, 3.05) is 12.4 Å². The van der Waals surface area contributed by atoms with Crippen molar-refractivity contribution < 1.29 is 4.74 Å². The highest BCUT2D eigenvalue weighted by Gasteiger charge is 2.23. The number of imidazole rings is 1. The Morgan fingerprint density at radius 3 is 2.68 bits per heavy atom. The Morgan fingerprint density at radius 1 is 1.32 bits per heavy atom. The minimum absolute atomic E-state index is 0.259. The van der Waals surface area contributed by atoms with Crippen molar-refractivity contribution in [2.45, 2.75) is 31.8 Å². The van der Waals surface area contributed by atoms with Crippen molar-refractivity contribution in [2.24, 2.45) is 0 Å². The number of hydrogen-bond acceptors (Lipinski definition) is 3. The third kappa shape index (κ3) is 2.57. The first-order valence-electron chi connectivity index (χ1n) is 6.71. The van der Waals surface area contributed by atoms with Gasteiger partial charge in [-0.1, -0.05) is 12.1 Å². The van der Waals surface area contributed by atoms with Crippen LogP contribution in [0.4, 0.5) is 5.95 Å². The summed E-state index contributed by atoms with van der Waals surface area (Å²) >= 11 is 0. The first-order chi connectivity index (χ1) is 9.28. The molecule has 4 nitrogen and oxygen atoms in total. The Labute approximate surface area is 113 Å². The molecule has 1 aliphatic rings. The number of aromatic nitrogens is 2. The van der Waals surface area contributed by atoms with Crippen molar-refractivity contribution in [3.05, 3.63) is 42.2 Å². The van der Waals surface area contributed by atoms with Crippen molar-refractivity contribution >= 4 is 5.95 Å². The number of hydrogen-bond donors (Lipinski definition) is 1. The lowest BCUT2D eigenvalue weighted by atomic mass is 10.1. The second kappa shape index (κ2) is 4.96. The Balaban J connectivity index is 1.81. The van der Waals surface area contributed by atoms with Crippen LogP contribution < -0.4 is 10.1 Å². The number of nitrogens with one attached hydrogen (secondary N) is 1. The van der Waals surface area contributed by atoms with Gasteiger partial charge < -0.3 is 14.6 Å². The molecule has 1 heterocycles. The fourth-order valence-electron chi connectivity index (χ4n) is 2.19. The van der Waals surface area contributed by atoms with Gasteiger partial charge in [-0.3, -0.25) is 0 Å². The number of methoxy groups -OCH3 is 1. The van der Waals surface area contributed by atoms with Gasteiger partial charge in [0.2, 0.25) is 5.95 Å². The van der Waals surface area contributed by atoms with E-state index in [4.69, 9.17) is 4.74 Å². The molecule has 2 aromatic rings. The van der Waals surface area contributed by atoms with Gasteiger partial charge in [0.25, 0.3) is 0 Å². The summed E-state index contributed by atoms with van der Waals surface area (Å²) in [5.41, 5.74) is 1.25. The van der Waals surface area contributed by atoms with Crippen LogP contribution >= 0.6 is 0 Å². The summed E-state index contributed by atoms with van der Waals surface area (Å²) in [5, 5.41) is 3.46. The predicted octanol–water partition coefficient (Wildman–Crippen LogP) is 3.08. The maximum atomic E-state index is 5.19. The van der Waals surface area contributed by atoms with Gasteiger partial charge in [0.15, 0.2) is 0 Å². The zero-order valence-corrected chi connectivity index (χ0v) is 11.3. The van der Waals surface area contributed by atoms with Crippen LogP contribution in [0.2, 0.25) is 0 Å². The third-order valence-corrected chi connectivity index (χ3v) is 3.59. The summed E-state index contributed by atoms with van der Waals surface area (Å²) in [6, 6.07) is 9.07. The molecule has 1 N–H and O–H groups in total. The van der Waals surface area contributed by atoms with Crippen molar-refractivity contribution in [1.29, 1.82) is 0 Å². The molecule has 0 aliphatic heterocycles. The number of rotatable bonds is 5. The van der Waals surface area contributed by atoms with E-state index in [-0.39, 0.29) is 6.04 Å². The second-order valence-electron chi connectivity index (χ2n) is 5.03. The fourth-order valence-corrected chi connectivity index (χ4v) is 2.19. The molecule has 0 amide bonds. The monoisotopic (exact) mass is 257 g/mol. The van der Waals surface area contributed by atoms with E-state index < -0.39 is 0 Å². The zero-order chi connectivity index (χ0) is 13.2. The molecule has 1 saturated carbocycles. The molecule has 1 fully saturated rings. The van der Waals surface area contributed by atoms with Crippen molar-refractivity contribution in [1.82, 2.24) is 9.55 Å². The summed E-state index contributed by atoms with van der Waals surface area (Å²) in [7, 11) is 1.69. The number of anilines is 1. The average molecular weight is 257 g/mol. The van der Waals surface area contributed by atoms with Crippen LogP contribution in [0.3, 0.4) is 0 Å². The largest absolute Gasteiger partial charge is 0.497 e. The average Bonchev–Trinajstić information content (AvgIpc) is 3.14. The highest BCUT2D eigenvalue weighted by Crippen LogP contribution is 2.27. The molecule has 0 saturated heterocycles. The smallest absolute Gasteiger partial charge is 0.203 e. The Bertz CT molecular complexity index is 543. The standard InChI is InChI=1S/C15H19N3O/c1-11(12-3-7-14(19-2)8-4-12)18-10-9-16-15(18)17-13-5-6-13/h3-4,7-11,13H,5-6H2,1-2H3,(H,16,17). The lowest BCUT2D eigenvalue weighted by Crippen LogP contribution is -2.12. The molecule has 1 aromatic heterocycles. The number of ether oxygens (including phenoxy) is 1. The van der Waals surface area contributed by atoms with Crippen LogP contribution in [0, 0.1) is 0 Å². The first-order valence-corrected chi connectivity index (χ1v) is 6.71. The molecular formula is C15H19N3O. The van der Waals surface area contributed by atoms with Crippen LogP contribution in [0.1, 0.15) is 31.4 Å². The predicted molar refractivity (Wildman–Crippen MR) is 75.7 cm³/mol. The first kappa shape index (κ1) is 12.1. The SMILES string of the molecule is COc1ccc(C(C)n2ccnc2NC2CC2)cc1. The highest BCUT2D eigenvalue weighted by atomic mass is 16.5. The van der Waals surface area contributed by atoms with E-state index in [2.05, 4.69) is 33.9 Å². The molecule has 1 aromatic carbocycles. The molecule has 0 radical (unpaired) electrons. The molecule has 100 valence electrons. The molecule has 1 unspecified atom stereocenters. The minimum Gasteiger partial charge on any atom is -0.497 e. The van der Waals surface area contributed by atoms with E-state index in [1.165, 1.54) is 18.4 Å². The highest BCUT2D eigenvalue weighted by molar-refractivity contribution is 5.35. The van der Waals surface area contributed by atoms with Crippen LogP contribution in [-0.2, 0) is 0 Å². The molecule has 0 spiro atoms. The summed E-state index contributed by atoms with van der Waals surface area (Å²) in [6.07, 6.45) is 6.39. The van der Waals surface area contributed by atoms with Crippen molar-refractivity contribution in [3.8, 4) is 5.75 Å². The van der Waals surface area contributed by atoms with Gasteiger partial charge in [0, 0.05) is 18.4 Å². The number of nitrogens with zero attached hydrogens (tertiary/aromatic N) is 2. The minimum atomic E-state index is 0.259. The van der Waals surface area contributed by atoms with E-state index in [1.807, 2.05) is 24.5 Å². The van der Waals surface area contributed by atoms with Gasteiger partial charge >= 0.3 is 0 Å². The Morgan fingerprint density at radius 2 is 2.05 bits per heavy atom. The lowest BCUT2D eigenvalue weighted by Gasteiger charge is -2.17. The lowest BCUT2D eigenvalue weighted by molar-refractivity contribution is 0.414. The molecule has 3 rings (SSSR count). The summed E-state index contributed by atoms with van der Waals surface area (Å²) in [5.74, 6) is 1.85. The topological polar surface area (TPSA) is 39.1 Å². The van der Waals surface area contributed by atoms with Crippen LogP contribution in [0.25, 0.3) is 0 Å². The molecule has 1 aliphatic carbocycles. The normalized spacial score (nSPS) is 16.1. The quantitative estimate of drug-likeness (QED) is 0.894. The molecule has 4 heteroatoms. The fraction of sp³-hybridized carbons (Fsp3) is 0.400. The number of benzene rings is 1. The van der Waals surface area contributed by atoms with Gasteiger partial charge in [-0.05, 0) is 37.5 Å². The van der Waals surface area contributed by atoms with Crippen LogP contribution in [0.15, 0.2) is 36.7 Å². The van der Waals surface area contributed by atoms with Gasteiger partial charge in [-0.25, -0.2) is 4.98 Å². The van der Waals surface area contributed by atoms with Gasteiger partial charge in [-0.2, -0.15) is 0 Å². The van der Waals surface area contributed by atoms with E-state index in [1.54, 1.807) is 7.11 Å². The molecule has 0 bridgehead atoms. The van der Waals surface area contributed by atoms with E-state index in [0.717, 1.165) is 11.7 Å². The zero-order valence-electron chi connectivity index (χ0n) is 11.3. The molecular weight excluding hydrogens is 238 g/mol. The Hall–Kier alpha value is -1.97. The Kier molecular flexibility index (Phi) is 3.15. The maximum Gasteiger partial charge on any atom is 0.203 e. The van der Waals surface area contributed by atoms with E-state index in [0.29, 0.717) is 6.04 Å². The van der Waals surface area contributed by atoms with E-state index in [9.17, 15) is 0 Å². The van der Waals surface area contributed by atoms with Crippen molar-refractivity contribution in [3.63, 3.8) is 0 Å². The molecule has 1 atom stereocenters. The third-order valence-electron chi connectivity index (χ3n) is 3.59. The van der Waals surface area contributed by atoms with Gasteiger partial charge in [0.05, 0.1) is 13.2 Å². The summed E-state index contributed by atoms with van der Waals surface area (Å²) in [6.45, 7) is 2.18. The second-order valence-corrected chi connectivity index (χ2v) is 5.03. The summed E-state index contributed by atoms with van der Waals surface area (Å²) in [4.78, 5) is 4.40. The molecule has 19 heavy (non-hydrogen) atoms. The summed E-state index contributed by atoms with van der Waals surface area (Å²) < 4.78 is 7.37.